The Morgan fingerprint density at radius 2 is 1.81 bits per heavy atom. The van der Waals surface area contributed by atoms with E-state index in [0.717, 1.165) is 48.2 Å². The lowest BCUT2D eigenvalue weighted by Crippen LogP contribution is -2.40. The van der Waals surface area contributed by atoms with Gasteiger partial charge in [0.1, 0.15) is 5.84 Å². The van der Waals surface area contributed by atoms with E-state index in [1.807, 2.05) is 19.2 Å². The fourth-order valence-electron chi connectivity index (χ4n) is 6.23. The summed E-state index contributed by atoms with van der Waals surface area (Å²) >= 11 is 3.60. The van der Waals surface area contributed by atoms with Crippen molar-refractivity contribution in [2.75, 3.05) is 32.1 Å². The molecule has 0 bridgehead atoms. The minimum atomic E-state index is -0.0455. The quantitative estimate of drug-likeness (QED) is 0.460. The second-order valence-electron chi connectivity index (χ2n) is 9.67. The third-order valence-electron chi connectivity index (χ3n) is 7.92. The van der Waals surface area contributed by atoms with E-state index in [4.69, 9.17) is 4.99 Å². The molecule has 32 heavy (non-hydrogen) atoms. The highest BCUT2D eigenvalue weighted by atomic mass is 79.9. The number of aliphatic imine (C=N–C) groups is 1. The second kappa shape index (κ2) is 8.75. The van der Waals surface area contributed by atoms with E-state index >= 15 is 0 Å². The second-order valence-corrected chi connectivity index (χ2v) is 10.5. The Morgan fingerprint density at radius 1 is 1.06 bits per heavy atom. The molecule has 5 rings (SSSR count). The van der Waals surface area contributed by atoms with E-state index in [1.54, 1.807) is 0 Å². The van der Waals surface area contributed by atoms with Crippen molar-refractivity contribution in [1.82, 2.24) is 4.90 Å². The first kappa shape index (κ1) is 21.8. The molecule has 0 atom stereocenters. The summed E-state index contributed by atoms with van der Waals surface area (Å²) in [5, 5.41) is 0. The average molecular weight is 494 g/mol. The molecule has 2 aliphatic heterocycles. The van der Waals surface area contributed by atoms with Crippen LogP contribution in [0.25, 0.3) is 0 Å². The summed E-state index contributed by atoms with van der Waals surface area (Å²) in [6, 6.07) is 13.2. The summed E-state index contributed by atoms with van der Waals surface area (Å²) in [5.41, 5.74) is 5.62. The predicted molar refractivity (Wildman–Crippen MR) is 136 cm³/mol. The van der Waals surface area contributed by atoms with Gasteiger partial charge in [0.2, 0.25) is 0 Å². The number of anilines is 2. The molecule has 0 radical (unpaired) electrons. The van der Waals surface area contributed by atoms with Gasteiger partial charge < -0.3 is 4.90 Å². The zero-order chi connectivity index (χ0) is 22.3. The van der Waals surface area contributed by atoms with Gasteiger partial charge in [0.15, 0.2) is 6.29 Å². The van der Waals surface area contributed by atoms with Crippen LogP contribution in [0.5, 0.6) is 0 Å². The van der Waals surface area contributed by atoms with Gasteiger partial charge in [-0.1, -0.05) is 37.5 Å². The molecule has 168 valence electrons. The maximum Gasteiger partial charge on any atom is 0.153 e. The standard InChI is InChI=1S/C27H32BrN3O/c1-29-26-27(13-4-3-5-14-27)22-10-9-20(19-11-15-30(2)16-12-19)17-25(22)31(26)24-8-6-7-23(28)21(24)18-32/h6-10,17-19H,3-5,11-16H2,1-2H3. The largest absolute Gasteiger partial charge is 0.306 e. The van der Waals surface area contributed by atoms with E-state index in [1.165, 1.54) is 48.9 Å². The zero-order valence-corrected chi connectivity index (χ0v) is 20.7. The molecule has 3 aliphatic rings. The monoisotopic (exact) mass is 493 g/mol. The summed E-state index contributed by atoms with van der Waals surface area (Å²) in [6.45, 7) is 2.30. The Labute approximate surface area is 199 Å². The lowest BCUT2D eigenvalue weighted by Gasteiger charge is -2.35. The maximum absolute atomic E-state index is 12.1. The summed E-state index contributed by atoms with van der Waals surface area (Å²) in [6.07, 6.45) is 9.36. The SMILES string of the molecule is CN=C1N(c2cccc(Br)c2C=O)c2cc(C3CCN(C)CC3)ccc2C12CCCCC2. The molecule has 2 heterocycles. The first-order valence-electron chi connectivity index (χ1n) is 11.9. The van der Waals surface area contributed by atoms with Crippen LogP contribution < -0.4 is 4.90 Å². The highest BCUT2D eigenvalue weighted by molar-refractivity contribution is 9.10. The number of carbonyl (C=O) groups is 1. The number of aldehydes is 1. The van der Waals surface area contributed by atoms with Crippen LogP contribution in [0.2, 0.25) is 0 Å². The van der Waals surface area contributed by atoms with Crippen LogP contribution in [-0.4, -0.2) is 44.2 Å². The van der Waals surface area contributed by atoms with Gasteiger partial charge in [0.05, 0.1) is 22.4 Å². The summed E-state index contributed by atoms with van der Waals surface area (Å²) < 4.78 is 0.832. The van der Waals surface area contributed by atoms with Crippen molar-refractivity contribution in [3.05, 3.63) is 57.6 Å². The molecule has 1 aliphatic carbocycles. The predicted octanol–water partition coefficient (Wildman–Crippen LogP) is 6.45. The van der Waals surface area contributed by atoms with Crippen molar-refractivity contribution in [2.45, 2.75) is 56.3 Å². The lowest BCUT2D eigenvalue weighted by atomic mass is 9.69. The van der Waals surface area contributed by atoms with Crippen molar-refractivity contribution in [1.29, 1.82) is 0 Å². The maximum atomic E-state index is 12.1. The van der Waals surface area contributed by atoms with Gasteiger partial charge in [-0.2, -0.15) is 0 Å². The van der Waals surface area contributed by atoms with Crippen LogP contribution in [0.1, 0.15) is 72.3 Å². The normalized spacial score (nSPS) is 22.5. The minimum absolute atomic E-state index is 0.0455. The molecule has 0 N–H and O–H groups in total. The van der Waals surface area contributed by atoms with E-state index < -0.39 is 0 Å². The number of rotatable bonds is 3. The van der Waals surface area contributed by atoms with Crippen LogP contribution in [-0.2, 0) is 5.41 Å². The molecule has 1 spiro atoms. The Kier molecular flexibility index (Phi) is 5.98. The van der Waals surface area contributed by atoms with Crippen molar-refractivity contribution in [2.24, 2.45) is 4.99 Å². The van der Waals surface area contributed by atoms with Gasteiger partial charge in [0.25, 0.3) is 0 Å². The van der Waals surface area contributed by atoms with E-state index in [-0.39, 0.29) is 5.41 Å². The van der Waals surface area contributed by atoms with Crippen molar-refractivity contribution in [3.63, 3.8) is 0 Å². The summed E-state index contributed by atoms with van der Waals surface area (Å²) in [4.78, 5) is 21.7. The van der Waals surface area contributed by atoms with Crippen molar-refractivity contribution < 1.29 is 4.79 Å². The van der Waals surface area contributed by atoms with Gasteiger partial charge in [-0.15, -0.1) is 0 Å². The van der Waals surface area contributed by atoms with E-state index in [0.29, 0.717) is 11.5 Å². The molecule has 0 unspecified atom stereocenters. The molecular formula is C27H32BrN3O. The molecule has 2 aromatic carbocycles. The Hall–Kier alpha value is -1.98. The Bertz CT molecular complexity index is 1050. The molecule has 5 heteroatoms. The van der Waals surface area contributed by atoms with E-state index in [9.17, 15) is 4.79 Å². The van der Waals surface area contributed by atoms with Gasteiger partial charge in [-0.05, 0) is 97.0 Å². The number of likely N-dealkylation sites (tertiary alicyclic amines) is 1. The highest BCUT2D eigenvalue weighted by Crippen LogP contribution is 2.54. The van der Waals surface area contributed by atoms with Crippen LogP contribution in [0.4, 0.5) is 11.4 Å². The first-order chi connectivity index (χ1) is 15.6. The van der Waals surface area contributed by atoms with Gasteiger partial charge in [-0.3, -0.25) is 14.7 Å². The first-order valence-corrected chi connectivity index (χ1v) is 12.7. The smallest absolute Gasteiger partial charge is 0.153 e. The molecule has 0 amide bonds. The summed E-state index contributed by atoms with van der Waals surface area (Å²) in [5.74, 6) is 1.70. The number of piperidine rings is 1. The number of halogens is 1. The number of amidine groups is 1. The number of nitrogens with zero attached hydrogens (tertiary/aromatic N) is 3. The Morgan fingerprint density at radius 3 is 2.50 bits per heavy atom. The van der Waals surface area contributed by atoms with Gasteiger partial charge >= 0.3 is 0 Å². The number of fused-ring (bicyclic) bond motifs is 2. The number of benzene rings is 2. The molecule has 0 aromatic heterocycles. The number of carbonyl (C=O) groups excluding carboxylic acids is 1. The van der Waals surface area contributed by atoms with Crippen LogP contribution in [0, 0.1) is 0 Å². The van der Waals surface area contributed by atoms with E-state index in [2.05, 4.69) is 57.0 Å². The van der Waals surface area contributed by atoms with Crippen molar-refractivity contribution >= 4 is 39.4 Å². The topological polar surface area (TPSA) is 35.9 Å². The molecule has 2 fully saturated rings. The molecular weight excluding hydrogens is 462 g/mol. The van der Waals surface area contributed by atoms with Gasteiger partial charge in [0, 0.05) is 11.5 Å². The van der Waals surface area contributed by atoms with Crippen molar-refractivity contribution in [3.8, 4) is 0 Å². The summed E-state index contributed by atoms with van der Waals surface area (Å²) in [7, 11) is 4.13. The Balaban J connectivity index is 1.68. The molecule has 1 saturated heterocycles. The van der Waals surface area contributed by atoms with Crippen LogP contribution in [0.15, 0.2) is 45.9 Å². The molecule has 4 nitrogen and oxygen atoms in total. The third kappa shape index (κ3) is 3.45. The average Bonchev–Trinajstić information content (AvgIpc) is 3.08. The van der Waals surface area contributed by atoms with Crippen LogP contribution in [0.3, 0.4) is 0 Å². The van der Waals surface area contributed by atoms with Gasteiger partial charge in [-0.25, -0.2) is 0 Å². The highest BCUT2D eigenvalue weighted by Gasteiger charge is 2.49. The lowest BCUT2D eigenvalue weighted by molar-refractivity contribution is 0.112. The third-order valence-corrected chi connectivity index (χ3v) is 8.61. The fourth-order valence-corrected chi connectivity index (χ4v) is 6.68. The number of hydrogen-bond acceptors (Lipinski definition) is 3. The van der Waals surface area contributed by atoms with Crippen LogP contribution >= 0.6 is 15.9 Å². The molecule has 1 saturated carbocycles. The zero-order valence-electron chi connectivity index (χ0n) is 19.1. The minimum Gasteiger partial charge on any atom is -0.306 e. The fraction of sp³-hybridized carbons (Fsp3) is 0.481. The molecule has 2 aromatic rings. The number of hydrogen-bond donors (Lipinski definition) is 0.